The maximum absolute atomic E-state index is 12.3. The van der Waals surface area contributed by atoms with Crippen molar-refractivity contribution < 1.29 is 52.5 Å². The van der Waals surface area contributed by atoms with Crippen molar-refractivity contribution >= 4 is 52.0 Å². The van der Waals surface area contributed by atoms with Gasteiger partial charge in [0.2, 0.25) is 11.6 Å². The lowest BCUT2D eigenvalue weighted by Gasteiger charge is -2.36. The topological polar surface area (TPSA) is 149 Å². The fraction of sp³-hybridized carbons (Fsp3) is 0.478. The molecule has 6 rings (SSSR count). The molecule has 0 saturated carbocycles. The molecule has 3 aromatic rings. The Labute approximate surface area is 335 Å². The van der Waals surface area contributed by atoms with Crippen LogP contribution in [0.2, 0.25) is 0 Å². The van der Waals surface area contributed by atoms with Crippen LogP contribution in [0.1, 0.15) is 148 Å². The summed E-state index contributed by atoms with van der Waals surface area (Å²) in [5, 5.41) is 1.57. The molecule has 11 nitrogen and oxygen atoms in total. The van der Waals surface area contributed by atoms with Crippen molar-refractivity contribution in [2.75, 3.05) is 0 Å². The molecule has 0 N–H and O–H groups in total. The van der Waals surface area contributed by atoms with Crippen LogP contribution in [0.15, 0.2) is 54.1 Å². The molecule has 1 aliphatic carbocycles. The van der Waals surface area contributed by atoms with Crippen LogP contribution in [-0.4, -0.2) is 46.6 Å². The minimum absolute atomic E-state index is 0.285. The highest BCUT2D eigenvalue weighted by molar-refractivity contribution is 6.52. The molecule has 3 aromatic carbocycles. The Morgan fingerprint density at radius 1 is 0.579 bits per heavy atom. The number of allylic oxidation sites excluding steroid dienone is 1. The Morgan fingerprint density at radius 3 is 1.63 bits per heavy atom. The number of rotatable bonds is 10. The molecule has 0 atom stereocenters. The highest BCUT2D eigenvalue weighted by atomic mass is 16.6. The predicted octanol–water partition coefficient (Wildman–Crippen LogP) is 9.76. The Bertz CT molecular complexity index is 2020. The van der Waals surface area contributed by atoms with Gasteiger partial charge in [-0.25, -0.2) is 0 Å². The van der Waals surface area contributed by atoms with Gasteiger partial charge in [0.25, 0.3) is 0 Å². The molecule has 0 aromatic heterocycles. The molecular weight excluding hydrogens is 728 g/mol. The first-order valence-electron chi connectivity index (χ1n) is 20.1. The molecule has 0 fully saturated rings. The van der Waals surface area contributed by atoms with Crippen molar-refractivity contribution in [2.45, 2.75) is 144 Å². The van der Waals surface area contributed by atoms with E-state index in [0.29, 0.717) is 90.9 Å². The SMILES string of the molecule is CC1(C)CCC2=C(O1)c1ccccc1C(=O)C2=O.CCCC(=O)OC(=O)CCC.CCCC(=O)Oc1c2c(c3ccccc3c1OC(=O)CCC)OC(C)(C)CC2. The van der Waals surface area contributed by atoms with E-state index in [9.17, 15) is 28.8 Å². The van der Waals surface area contributed by atoms with E-state index in [1.807, 2.05) is 91.8 Å². The molecule has 306 valence electrons. The van der Waals surface area contributed by atoms with Crippen LogP contribution in [0.4, 0.5) is 0 Å². The number of carbonyl (C=O) groups is 6. The minimum atomic E-state index is -0.411. The Kier molecular flexibility index (Phi) is 15.3. The van der Waals surface area contributed by atoms with Crippen LogP contribution in [-0.2, 0) is 39.9 Å². The van der Waals surface area contributed by atoms with Crippen LogP contribution in [0, 0.1) is 0 Å². The molecule has 3 aliphatic rings. The van der Waals surface area contributed by atoms with E-state index in [2.05, 4.69) is 4.74 Å². The molecule has 0 bridgehead atoms. The van der Waals surface area contributed by atoms with E-state index in [-0.39, 0.29) is 23.1 Å². The third kappa shape index (κ3) is 11.4. The summed E-state index contributed by atoms with van der Waals surface area (Å²) in [6, 6.07) is 14.8. The van der Waals surface area contributed by atoms with Crippen LogP contribution >= 0.6 is 0 Å². The standard InChI is InChI=1S/C23H28O5.C15H14O3.C8H14O3/c1-5-9-18(24)26-21-16-12-8-7-11-15(16)20-17(13-14-23(3,4)28-20)22(21)27-19(25)10-6-2;1-15(2)8-7-11-13(17)12(16)9-5-3-4-6-10(9)14(11)18-15;1-3-5-7(9)11-8(10)6-4-2/h7-8,11-12H,5-6,9-10,13-14H2,1-4H3;3-6H,7-8H2,1-2H3;3-6H2,1-2H3. The van der Waals surface area contributed by atoms with Crippen LogP contribution in [0.5, 0.6) is 17.2 Å². The Morgan fingerprint density at radius 2 is 1.05 bits per heavy atom. The monoisotopic (exact) mass is 784 g/mol. The van der Waals surface area contributed by atoms with E-state index in [1.54, 1.807) is 12.1 Å². The lowest BCUT2D eigenvalue weighted by atomic mass is 9.82. The van der Waals surface area contributed by atoms with Gasteiger partial charge in [0, 0.05) is 58.7 Å². The summed E-state index contributed by atoms with van der Waals surface area (Å²) in [4.78, 5) is 70.0. The van der Waals surface area contributed by atoms with Crippen LogP contribution < -0.4 is 14.2 Å². The van der Waals surface area contributed by atoms with Gasteiger partial charge < -0.3 is 23.7 Å². The smallest absolute Gasteiger partial charge is 0.313 e. The molecule has 2 aliphatic heterocycles. The molecule has 57 heavy (non-hydrogen) atoms. The van der Waals surface area contributed by atoms with Crippen molar-refractivity contribution in [1.82, 2.24) is 0 Å². The fourth-order valence-corrected chi connectivity index (χ4v) is 6.59. The quantitative estimate of drug-likeness (QED) is 0.0837. The van der Waals surface area contributed by atoms with Gasteiger partial charge in [0.1, 0.15) is 22.7 Å². The van der Waals surface area contributed by atoms with Crippen molar-refractivity contribution in [1.29, 1.82) is 0 Å². The number of carbonyl (C=O) groups excluding carboxylic acids is 6. The molecule has 11 heteroatoms. The second-order valence-electron chi connectivity index (χ2n) is 15.5. The first-order chi connectivity index (χ1) is 27.1. The van der Waals surface area contributed by atoms with Crippen molar-refractivity contribution in [2.24, 2.45) is 0 Å². The van der Waals surface area contributed by atoms with Gasteiger partial charge in [0.15, 0.2) is 11.5 Å². The number of hydrogen-bond acceptors (Lipinski definition) is 11. The van der Waals surface area contributed by atoms with E-state index >= 15 is 0 Å². The van der Waals surface area contributed by atoms with E-state index in [1.165, 1.54) is 0 Å². The first kappa shape index (κ1) is 44.4. The highest BCUT2D eigenvalue weighted by Gasteiger charge is 2.39. The van der Waals surface area contributed by atoms with Gasteiger partial charge in [-0.05, 0) is 79.1 Å². The molecule has 0 spiro atoms. The number of esters is 4. The van der Waals surface area contributed by atoms with Gasteiger partial charge in [-0.15, -0.1) is 0 Å². The van der Waals surface area contributed by atoms with Crippen molar-refractivity contribution in [3.05, 3.63) is 70.8 Å². The third-order valence-electron chi connectivity index (χ3n) is 9.53. The van der Waals surface area contributed by atoms with Gasteiger partial charge in [-0.1, -0.05) is 76.2 Å². The van der Waals surface area contributed by atoms with Crippen LogP contribution in [0.3, 0.4) is 0 Å². The molecular formula is C46H56O11. The maximum Gasteiger partial charge on any atom is 0.313 e. The number of Topliss-reactive ketones (excluding diaryl/α,β-unsaturated/α-hetero) is 2. The summed E-state index contributed by atoms with van der Waals surface area (Å²) >= 11 is 0. The average molecular weight is 785 g/mol. The summed E-state index contributed by atoms with van der Waals surface area (Å²) in [5.74, 6) is -0.348. The lowest BCUT2D eigenvalue weighted by molar-refractivity contribution is -0.159. The van der Waals surface area contributed by atoms with E-state index in [4.69, 9.17) is 18.9 Å². The van der Waals surface area contributed by atoms with Gasteiger partial charge in [0.05, 0.1) is 0 Å². The normalized spacial score (nSPS) is 15.8. The zero-order chi connectivity index (χ0) is 41.9. The second kappa shape index (κ2) is 19.7. The number of fused-ring (bicyclic) bond motifs is 5. The molecule has 0 unspecified atom stereocenters. The largest absolute Gasteiger partial charge is 0.487 e. The Hall–Kier alpha value is -5.32. The summed E-state index contributed by atoms with van der Waals surface area (Å²) in [6.45, 7) is 15.7. The number of ether oxygens (including phenoxy) is 5. The maximum atomic E-state index is 12.3. The van der Waals surface area contributed by atoms with Gasteiger partial charge >= 0.3 is 23.9 Å². The zero-order valence-corrected chi connectivity index (χ0v) is 34.6. The van der Waals surface area contributed by atoms with Gasteiger partial charge in [-0.2, -0.15) is 0 Å². The molecule has 0 amide bonds. The van der Waals surface area contributed by atoms with Crippen LogP contribution in [0.25, 0.3) is 16.5 Å². The lowest BCUT2D eigenvalue weighted by Crippen LogP contribution is -2.34. The minimum Gasteiger partial charge on any atom is -0.487 e. The van der Waals surface area contributed by atoms with Gasteiger partial charge in [-0.3, -0.25) is 28.8 Å². The Balaban J connectivity index is 0.000000212. The first-order valence-corrected chi connectivity index (χ1v) is 20.1. The molecule has 2 heterocycles. The zero-order valence-electron chi connectivity index (χ0n) is 34.6. The van der Waals surface area contributed by atoms with E-state index < -0.39 is 23.5 Å². The highest BCUT2D eigenvalue weighted by Crippen LogP contribution is 2.50. The number of hydrogen-bond donors (Lipinski definition) is 0. The molecule has 0 radical (unpaired) electrons. The van der Waals surface area contributed by atoms with Crippen molar-refractivity contribution in [3.63, 3.8) is 0 Å². The number of benzene rings is 3. The summed E-state index contributed by atoms with van der Waals surface area (Å²) in [6.07, 6.45) is 6.90. The number of ketones is 2. The second-order valence-corrected chi connectivity index (χ2v) is 15.5. The van der Waals surface area contributed by atoms with Crippen molar-refractivity contribution in [3.8, 4) is 17.2 Å². The third-order valence-corrected chi connectivity index (χ3v) is 9.53. The summed E-state index contributed by atoms with van der Waals surface area (Å²) in [5.41, 5.74) is 1.94. The summed E-state index contributed by atoms with van der Waals surface area (Å²) in [7, 11) is 0. The summed E-state index contributed by atoms with van der Waals surface area (Å²) < 4.78 is 28.1. The predicted molar refractivity (Wildman–Crippen MR) is 216 cm³/mol. The van der Waals surface area contributed by atoms with E-state index in [0.717, 1.165) is 42.2 Å². The fourth-order valence-electron chi connectivity index (χ4n) is 6.59. The average Bonchev–Trinajstić information content (AvgIpc) is 3.15. The molecule has 0 saturated heterocycles.